The van der Waals surface area contributed by atoms with E-state index in [9.17, 15) is 36.0 Å². The molecule has 5 aliphatic rings. The molecule has 3 aliphatic heterocycles. The Morgan fingerprint density at radius 2 is 1.83 bits per heavy atom. The van der Waals surface area contributed by atoms with E-state index in [2.05, 4.69) is 20.3 Å². The van der Waals surface area contributed by atoms with Crippen LogP contribution in [-0.2, 0) is 38.6 Å². The van der Waals surface area contributed by atoms with Crippen molar-refractivity contribution in [3.63, 3.8) is 0 Å². The molecule has 4 fully saturated rings. The molecule has 17 nitrogen and oxygen atoms in total. The van der Waals surface area contributed by atoms with Gasteiger partial charge >= 0.3 is 12.3 Å². The molecule has 3 aromatic rings. The summed E-state index contributed by atoms with van der Waals surface area (Å²) in [6.07, 6.45) is -3.14. The van der Waals surface area contributed by atoms with Gasteiger partial charge in [0.1, 0.15) is 35.2 Å². The summed E-state index contributed by atoms with van der Waals surface area (Å²) in [6, 6.07) is 7.64. The molecule has 3 N–H and O–H groups in total. The number of carbonyl (C=O) groups is 4. The van der Waals surface area contributed by atoms with Crippen molar-refractivity contribution in [3.05, 3.63) is 60.3 Å². The van der Waals surface area contributed by atoms with Crippen molar-refractivity contribution < 1.29 is 64.5 Å². The molecule has 8 rings (SSSR count). The number of allylic oxidation sites excluding steroid dienone is 1. The molecular weight excluding hydrogens is 958 g/mol. The summed E-state index contributed by atoms with van der Waals surface area (Å²) in [5.41, 5.74) is -1.26. The van der Waals surface area contributed by atoms with Crippen LogP contribution in [0.25, 0.3) is 21.8 Å². The Morgan fingerprint density at radius 1 is 1.09 bits per heavy atom. The molecule has 5 heterocycles. The minimum atomic E-state index is -5.02. The monoisotopic (exact) mass is 1020 g/mol. The molecule has 2 aromatic heterocycles. The lowest BCUT2D eigenvalue weighted by atomic mass is 9.96. The molecule has 22 heteroatoms. The van der Waals surface area contributed by atoms with Gasteiger partial charge in [0.25, 0.3) is 5.91 Å². The normalized spacial score (nSPS) is 29.6. The van der Waals surface area contributed by atoms with Crippen LogP contribution in [0.2, 0.25) is 0 Å². The fraction of sp³-hybridized carbons (Fsp3) is 0.583. The zero-order chi connectivity index (χ0) is 50.2. The predicted octanol–water partition coefficient (Wildman–Crippen LogP) is 6.62. The molecule has 4 amide bonds. The number of thiazole rings is 1. The summed E-state index contributed by atoms with van der Waals surface area (Å²) >= 11 is 1.35. The third kappa shape index (κ3) is 10.9. The standard InChI is InChI=1S/C48H59F3N6O11S2/c1-6-38-40(54-44(61)68-46(48(49,50)51)16-9-19-64-26-46)42(59)57-25-34(67-33-20-35(53-36(21-33)39-24-52-27-69-39)30-12-14-32(15-13-30)65-28(2)3)22-37(57)41(58)55-47(23-31(47)11-8-7-10-29(4)66-38)43(60)56-70(62,63)45(5)17-18-45/h8,11-15,20-21,24,27-29,31,34,37-38,40H,6-7,9-10,16-19,22-23,25-26H2,1-5H3,(H,54,61)(H,55,58)(H,56,60)/b11-8-/t29-,31?,34-,37+,38+,40+,46?,47-/m1/s1. The molecule has 0 spiro atoms. The zero-order valence-corrected chi connectivity index (χ0v) is 41.2. The number of halogens is 3. The van der Waals surface area contributed by atoms with E-state index in [1.165, 1.54) is 18.3 Å². The minimum absolute atomic E-state index is 0.0381. The Morgan fingerprint density at radius 3 is 2.47 bits per heavy atom. The van der Waals surface area contributed by atoms with Crippen molar-refractivity contribution in [2.75, 3.05) is 19.8 Å². The van der Waals surface area contributed by atoms with Crippen LogP contribution in [0.3, 0.4) is 0 Å². The van der Waals surface area contributed by atoms with E-state index in [1.807, 2.05) is 38.1 Å². The van der Waals surface area contributed by atoms with Gasteiger partial charge in [0.15, 0.2) is 0 Å². The van der Waals surface area contributed by atoms with Crippen LogP contribution < -0.4 is 24.8 Å². The number of alkyl carbamates (subject to hydrolysis) is 1. The average Bonchev–Trinajstić information content (AvgIpc) is 4.06. The van der Waals surface area contributed by atoms with Crippen molar-refractivity contribution in [2.45, 2.75) is 151 Å². The Bertz CT molecular complexity index is 2550. The lowest BCUT2D eigenvalue weighted by molar-refractivity contribution is -0.285. The molecule has 2 unspecified atom stereocenters. The summed E-state index contributed by atoms with van der Waals surface area (Å²) < 4.78 is 101. The number of sulfonamides is 1. The number of hydrogen-bond acceptors (Lipinski definition) is 14. The summed E-state index contributed by atoms with van der Waals surface area (Å²) in [5, 5.41) is 5.22. The average molecular weight is 1020 g/mol. The maximum absolute atomic E-state index is 15.2. The maximum atomic E-state index is 15.2. The quantitative estimate of drug-likeness (QED) is 0.163. The number of aromatic nitrogens is 2. The maximum Gasteiger partial charge on any atom is 0.430 e. The fourth-order valence-corrected chi connectivity index (χ4v) is 11.0. The number of benzene rings is 1. The van der Waals surface area contributed by atoms with Gasteiger partial charge in [-0.2, -0.15) is 13.2 Å². The fourth-order valence-electron chi connectivity index (χ4n) is 9.13. The first-order valence-electron chi connectivity index (χ1n) is 23.6. The Labute approximate surface area is 408 Å². The lowest BCUT2D eigenvalue weighted by Gasteiger charge is -2.38. The van der Waals surface area contributed by atoms with Crippen molar-refractivity contribution >= 4 is 45.2 Å². The lowest BCUT2D eigenvalue weighted by Crippen LogP contribution is -2.62. The minimum Gasteiger partial charge on any atom is -0.491 e. The van der Waals surface area contributed by atoms with Crippen LogP contribution in [-0.4, -0.2) is 125 Å². The highest BCUT2D eigenvalue weighted by Crippen LogP contribution is 2.48. The highest BCUT2D eigenvalue weighted by molar-refractivity contribution is 7.91. The van der Waals surface area contributed by atoms with Gasteiger partial charge in [-0.15, -0.1) is 11.3 Å². The first-order chi connectivity index (χ1) is 33.1. The second kappa shape index (κ2) is 20.1. The summed E-state index contributed by atoms with van der Waals surface area (Å²) in [6.45, 7) is 7.62. The smallest absolute Gasteiger partial charge is 0.430 e. The summed E-state index contributed by atoms with van der Waals surface area (Å²) in [5.74, 6) is -2.27. The number of hydrogen-bond donors (Lipinski definition) is 3. The highest BCUT2D eigenvalue weighted by atomic mass is 32.2. The highest BCUT2D eigenvalue weighted by Gasteiger charge is 2.64. The number of nitrogens with zero attached hydrogens (tertiary/aromatic N) is 3. The Kier molecular flexibility index (Phi) is 14.6. The topological polar surface area (TPSA) is 214 Å². The van der Waals surface area contributed by atoms with Crippen molar-refractivity contribution in [3.8, 4) is 33.3 Å². The number of nitrogens with one attached hydrogen (secondary N) is 3. The van der Waals surface area contributed by atoms with Gasteiger partial charge in [0, 0.05) is 49.3 Å². The molecule has 8 atom stereocenters. The molecule has 0 bridgehead atoms. The van der Waals surface area contributed by atoms with Crippen LogP contribution in [0, 0.1) is 5.92 Å². The van der Waals surface area contributed by atoms with Gasteiger partial charge in [-0.3, -0.25) is 24.1 Å². The van der Waals surface area contributed by atoms with Gasteiger partial charge in [-0.25, -0.2) is 18.2 Å². The summed E-state index contributed by atoms with van der Waals surface area (Å²) in [7, 11) is -4.13. The van der Waals surface area contributed by atoms with E-state index in [4.69, 9.17) is 28.7 Å². The number of rotatable bonds is 12. The SMILES string of the molecule is CC[C@@H]1O[C@H](C)CC/C=C\C2C[C@@]2(C(=O)NS(=O)(=O)C2(C)CC2)NC(=O)[C@@H]2C[C@@H](Oc3cc(-c4ccc(OC(C)C)cc4)nc(-c4cncs4)c3)CN2C(=O)[C@H]1NC(=O)OC1(C(F)(F)F)CCCOC1. The van der Waals surface area contributed by atoms with Crippen LogP contribution in [0.5, 0.6) is 11.5 Å². The van der Waals surface area contributed by atoms with Crippen LogP contribution >= 0.6 is 11.3 Å². The van der Waals surface area contributed by atoms with Crippen molar-refractivity contribution in [1.29, 1.82) is 0 Å². The molecular formula is C48H59F3N6O11S2. The third-order valence-electron chi connectivity index (χ3n) is 13.6. The van der Waals surface area contributed by atoms with Gasteiger partial charge in [-0.05, 0) is 96.9 Å². The number of pyridine rings is 1. The number of alkyl halides is 3. The van der Waals surface area contributed by atoms with Crippen LogP contribution in [0.15, 0.2) is 60.3 Å². The second-order valence-electron chi connectivity index (χ2n) is 19.3. The first kappa shape index (κ1) is 51.0. The number of fused-ring (bicyclic) bond motifs is 2. The molecule has 1 aromatic carbocycles. The summed E-state index contributed by atoms with van der Waals surface area (Å²) in [4.78, 5) is 69.0. The first-order valence-corrected chi connectivity index (χ1v) is 26.0. The predicted molar refractivity (Wildman–Crippen MR) is 250 cm³/mol. The van der Waals surface area contributed by atoms with E-state index in [-0.39, 0.29) is 44.9 Å². The third-order valence-corrected chi connectivity index (χ3v) is 16.5. The van der Waals surface area contributed by atoms with Gasteiger partial charge < -0.3 is 39.2 Å². The number of amides is 4. The van der Waals surface area contributed by atoms with E-state index >= 15 is 4.79 Å². The molecule has 2 saturated carbocycles. The van der Waals surface area contributed by atoms with Gasteiger partial charge in [-0.1, -0.05) is 19.1 Å². The second-order valence-corrected chi connectivity index (χ2v) is 22.4. The zero-order valence-electron chi connectivity index (χ0n) is 39.6. The van der Waals surface area contributed by atoms with Gasteiger partial charge in [0.05, 0.1) is 58.0 Å². The molecule has 70 heavy (non-hydrogen) atoms. The van der Waals surface area contributed by atoms with Gasteiger partial charge in [0.2, 0.25) is 27.4 Å². The molecule has 0 radical (unpaired) electrons. The number of carbonyl (C=O) groups excluding carboxylic acids is 4. The number of ether oxygens (including phenoxy) is 5. The Hall–Kier alpha value is -5.32. The van der Waals surface area contributed by atoms with E-state index in [0.717, 1.165) is 15.3 Å². The van der Waals surface area contributed by atoms with Crippen LogP contribution in [0.4, 0.5) is 18.0 Å². The largest absolute Gasteiger partial charge is 0.491 e. The van der Waals surface area contributed by atoms with E-state index < -0.39 is 105 Å². The van der Waals surface area contributed by atoms with E-state index in [0.29, 0.717) is 48.6 Å². The van der Waals surface area contributed by atoms with Crippen molar-refractivity contribution in [1.82, 2.24) is 30.2 Å². The Balaban J connectivity index is 1.15. The van der Waals surface area contributed by atoms with Crippen LogP contribution in [0.1, 0.15) is 92.4 Å². The van der Waals surface area contributed by atoms with E-state index in [1.54, 1.807) is 49.8 Å². The molecule has 2 saturated heterocycles. The molecule has 2 aliphatic carbocycles. The van der Waals surface area contributed by atoms with Crippen molar-refractivity contribution in [2.24, 2.45) is 5.92 Å². The molecule has 380 valence electrons.